The minimum absolute atomic E-state index is 0.0234. The number of nitrogens with zero attached hydrogens (tertiary/aromatic N) is 1. The summed E-state index contributed by atoms with van der Waals surface area (Å²) in [6.45, 7) is 0. The highest BCUT2D eigenvalue weighted by Gasteiger charge is 2.41. The van der Waals surface area contributed by atoms with Crippen LogP contribution in [0.3, 0.4) is 0 Å². The molecule has 3 fully saturated rings. The maximum Gasteiger partial charge on any atom is 0.255 e. The number of nitrogens with one attached hydrogen (secondary N) is 2. The Morgan fingerprint density at radius 3 is 2.80 bits per heavy atom. The van der Waals surface area contributed by atoms with E-state index in [1.165, 1.54) is 19.3 Å². The average molecular weight is 269 g/mol. The molecule has 20 heavy (non-hydrogen) atoms. The van der Waals surface area contributed by atoms with Crippen molar-refractivity contribution < 1.29 is 4.79 Å². The van der Waals surface area contributed by atoms with Gasteiger partial charge in [-0.1, -0.05) is 0 Å². The van der Waals surface area contributed by atoms with Crippen LogP contribution in [-0.4, -0.2) is 21.4 Å². The predicted molar refractivity (Wildman–Crippen MR) is 77.5 cm³/mol. The van der Waals surface area contributed by atoms with E-state index in [0.717, 1.165) is 36.2 Å². The SMILES string of the molecule is O=C(NC12CCC(CC1)CC2)c1c[nH]c2cccnc12. The Kier molecular flexibility index (Phi) is 2.59. The van der Waals surface area contributed by atoms with Crippen molar-refractivity contribution >= 4 is 16.9 Å². The van der Waals surface area contributed by atoms with Crippen LogP contribution in [0.2, 0.25) is 0 Å². The third-order valence-corrected chi connectivity index (χ3v) is 5.15. The van der Waals surface area contributed by atoms with Crippen molar-refractivity contribution in [2.24, 2.45) is 5.92 Å². The van der Waals surface area contributed by atoms with Gasteiger partial charge in [-0.3, -0.25) is 9.78 Å². The largest absolute Gasteiger partial charge is 0.359 e. The molecule has 5 rings (SSSR count). The third-order valence-electron chi connectivity index (χ3n) is 5.15. The van der Waals surface area contributed by atoms with Gasteiger partial charge < -0.3 is 10.3 Å². The van der Waals surface area contributed by atoms with E-state index in [0.29, 0.717) is 5.56 Å². The summed E-state index contributed by atoms with van der Waals surface area (Å²) >= 11 is 0. The number of rotatable bonds is 2. The van der Waals surface area contributed by atoms with Crippen LogP contribution in [0.15, 0.2) is 24.5 Å². The van der Waals surface area contributed by atoms with E-state index in [-0.39, 0.29) is 11.4 Å². The van der Waals surface area contributed by atoms with Crippen molar-refractivity contribution in [2.45, 2.75) is 44.1 Å². The number of pyridine rings is 1. The molecule has 0 spiro atoms. The van der Waals surface area contributed by atoms with Gasteiger partial charge >= 0.3 is 0 Å². The van der Waals surface area contributed by atoms with E-state index in [1.54, 1.807) is 12.4 Å². The fourth-order valence-corrected chi connectivity index (χ4v) is 3.87. The lowest BCUT2D eigenvalue weighted by Gasteiger charge is -2.46. The van der Waals surface area contributed by atoms with E-state index in [1.807, 2.05) is 12.1 Å². The summed E-state index contributed by atoms with van der Waals surface area (Å²) in [6.07, 6.45) is 10.7. The van der Waals surface area contributed by atoms with Gasteiger partial charge in [-0.15, -0.1) is 0 Å². The van der Waals surface area contributed by atoms with E-state index in [4.69, 9.17) is 0 Å². The van der Waals surface area contributed by atoms with Gasteiger partial charge in [0, 0.05) is 17.9 Å². The fraction of sp³-hybridized carbons (Fsp3) is 0.500. The first-order valence-electron chi connectivity index (χ1n) is 7.50. The van der Waals surface area contributed by atoms with E-state index in [9.17, 15) is 4.79 Å². The molecule has 0 aliphatic heterocycles. The van der Waals surface area contributed by atoms with Crippen LogP contribution in [0.4, 0.5) is 0 Å². The first-order valence-corrected chi connectivity index (χ1v) is 7.50. The molecule has 4 heteroatoms. The molecule has 3 saturated carbocycles. The summed E-state index contributed by atoms with van der Waals surface area (Å²) in [5, 5.41) is 3.32. The molecule has 0 radical (unpaired) electrons. The second-order valence-corrected chi connectivity index (χ2v) is 6.32. The maximum absolute atomic E-state index is 12.6. The van der Waals surface area contributed by atoms with Gasteiger partial charge in [-0.2, -0.15) is 0 Å². The second kappa shape index (κ2) is 4.33. The predicted octanol–water partition coefficient (Wildman–Crippen LogP) is 3.02. The van der Waals surface area contributed by atoms with Crippen molar-refractivity contribution in [2.75, 3.05) is 0 Å². The number of amides is 1. The molecule has 4 nitrogen and oxygen atoms in total. The normalized spacial score (nSPS) is 28.7. The third kappa shape index (κ3) is 1.82. The topological polar surface area (TPSA) is 57.8 Å². The van der Waals surface area contributed by atoms with Gasteiger partial charge in [0.1, 0.15) is 5.52 Å². The Morgan fingerprint density at radius 1 is 1.30 bits per heavy atom. The molecule has 3 aliphatic carbocycles. The minimum Gasteiger partial charge on any atom is -0.359 e. The zero-order chi connectivity index (χ0) is 13.6. The molecule has 0 unspecified atom stereocenters. The number of hydrogen-bond acceptors (Lipinski definition) is 2. The maximum atomic E-state index is 12.6. The monoisotopic (exact) mass is 269 g/mol. The Bertz CT molecular complexity index is 639. The van der Waals surface area contributed by atoms with Crippen molar-refractivity contribution in [3.8, 4) is 0 Å². The molecule has 0 saturated heterocycles. The van der Waals surface area contributed by atoms with E-state index >= 15 is 0 Å². The zero-order valence-corrected chi connectivity index (χ0v) is 11.5. The van der Waals surface area contributed by atoms with Crippen LogP contribution < -0.4 is 5.32 Å². The van der Waals surface area contributed by atoms with Crippen LogP contribution in [-0.2, 0) is 0 Å². The number of H-pyrrole nitrogens is 1. The molecule has 0 atom stereocenters. The molecule has 2 N–H and O–H groups in total. The molecular weight excluding hydrogens is 250 g/mol. The number of fused-ring (bicyclic) bond motifs is 4. The zero-order valence-electron chi connectivity index (χ0n) is 11.5. The summed E-state index contributed by atoms with van der Waals surface area (Å²) in [5.41, 5.74) is 2.40. The van der Waals surface area contributed by atoms with E-state index in [2.05, 4.69) is 15.3 Å². The number of carbonyl (C=O) groups is 1. The summed E-state index contributed by atoms with van der Waals surface area (Å²) in [4.78, 5) is 20.0. The van der Waals surface area contributed by atoms with Crippen molar-refractivity contribution in [3.63, 3.8) is 0 Å². The highest BCUT2D eigenvalue weighted by atomic mass is 16.1. The molecule has 2 bridgehead atoms. The molecule has 2 heterocycles. The van der Waals surface area contributed by atoms with Crippen molar-refractivity contribution in [1.82, 2.24) is 15.3 Å². The summed E-state index contributed by atoms with van der Waals surface area (Å²) in [7, 11) is 0. The van der Waals surface area contributed by atoms with Crippen LogP contribution in [0, 0.1) is 5.92 Å². The van der Waals surface area contributed by atoms with Crippen LogP contribution in [0.5, 0.6) is 0 Å². The second-order valence-electron chi connectivity index (χ2n) is 6.32. The van der Waals surface area contributed by atoms with Gasteiger partial charge in [0.25, 0.3) is 5.91 Å². The lowest BCUT2D eigenvalue weighted by molar-refractivity contribution is 0.0715. The highest BCUT2D eigenvalue weighted by molar-refractivity contribution is 6.05. The number of aromatic nitrogens is 2. The number of hydrogen-bond donors (Lipinski definition) is 2. The first-order chi connectivity index (χ1) is 9.76. The van der Waals surface area contributed by atoms with Crippen molar-refractivity contribution in [1.29, 1.82) is 0 Å². The molecule has 2 aromatic rings. The molecule has 1 amide bonds. The standard InChI is InChI=1S/C16H19N3O/c20-15(12-10-18-13-2-1-9-17-14(12)13)19-16-6-3-11(4-7-16)5-8-16/h1-2,9-11,18H,3-8H2,(H,19,20). The number of carbonyl (C=O) groups excluding carboxylic acids is 1. The quantitative estimate of drug-likeness (QED) is 0.880. The van der Waals surface area contributed by atoms with Crippen LogP contribution in [0.1, 0.15) is 48.9 Å². The summed E-state index contributed by atoms with van der Waals surface area (Å²) in [6, 6.07) is 3.82. The molecule has 104 valence electrons. The Hall–Kier alpha value is -1.84. The van der Waals surface area contributed by atoms with Crippen LogP contribution >= 0.6 is 0 Å². The Morgan fingerprint density at radius 2 is 2.05 bits per heavy atom. The molecule has 0 aromatic carbocycles. The summed E-state index contributed by atoms with van der Waals surface area (Å²) in [5.74, 6) is 0.929. The average Bonchev–Trinajstić information content (AvgIpc) is 2.93. The smallest absolute Gasteiger partial charge is 0.255 e. The van der Waals surface area contributed by atoms with Gasteiger partial charge in [0.2, 0.25) is 0 Å². The Labute approximate surface area is 118 Å². The number of aromatic amines is 1. The first kappa shape index (κ1) is 11.9. The summed E-state index contributed by atoms with van der Waals surface area (Å²) < 4.78 is 0. The Balaban J connectivity index is 1.61. The molecule has 2 aromatic heterocycles. The lowest BCUT2D eigenvalue weighted by Crippen LogP contribution is -2.53. The lowest BCUT2D eigenvalue weighted by atomic mass is 9.66. The van der Waals surface area contributed by atoms with Gasteiger partial charge in [0.15, 0.2) is 0 Å². The fourth-order valence-electron chi connectivity index (χ4n) is 3.87. The van der Waals surface area contributed by atoms with Gasteiger partial charge in [0.05, 0.1) is 11.1 Å². The molecular formula is C16H19N3O. The van der Waals surface area contributed by atoms with Gasteiger partial charge in [-0.25, -0.2) is 0 Å². The highest BCUT2D eigenvalue weighted by Crippen LogP contribution is 2.44. The van der Waals surface area contributed by atoms with Gasteiger partial charge in [-0.05, 0) is 56.6 Å². The molecule has 3 aliphatic rings. The van der Waals surface area contributed by atoms with Crippen molar-refractivity contribution in [3.05, 3.63) is 30.1 Å². The van der Waals surface area contributed by atoms with Crippen LogP contribution in [0.25, 0.3) is 11.0 Å². The van der Waals surface area contributed by atoms with E-state index < -0.39 is 0 Å². The minimum atomic E-state index is 0.0234.